The summed E-state index contributed by atoms with van der Waals surface area (Å²) in [7, 11) is 0. The Kier molecular flexibility index (Phi) is 15.0. The number of hydrogen-bond acceptors (Lipinski definition) is 2. The zero-order valence-electron chi connectivity index (χ0n) is 16.1. The van der Waals surface area contributed by atoms with Crippen molar-refractivity contribution in [1.82, 2.24) is 9.55 Å². The minimum atomic E-state index is 0.958. The Labute approximate surface area is 150 Å². The number of rotatable bonds is 18. The van der Waals surface area contributed by atoms with Gasteiger partial charge in [0.05, 0.1) is 6.33 Å². The first-order chi connectivity index (χ1) is 11.9. The second-order valence-electron chi connectivity index (χ2n) is 7.01. The molecule has 0 N–H and O–H groups in total. The molecule has 0 unspecified atom stereocenters. The van der Waals surface area contributed by atoms with Crippen molar-refractivity contribution in [2.75, 3.05) is 13.2 Å². The maximum absolute atomic E-state index is 5.59. The Balaban J connectivity index is 1.66. The Morgan fingerprint density at radius 1 is 0.708 bits per heavy atom. The predicted octanol–water partition coefficient (Wildman–Crippen LogP) is 6.38. The zero-order chi connectivity index (χ0) is 17.1. The van der Waals surface area contributed by atoms with Crippen molar-refractivity contribution in [3.05, 3.63) is 18.7 Å². The van der Waals surface area contributed by atoms with Crippen LogP contribution in [0.2, 0.25) is 0 Å². The van der Waals surface area contributed by atoms with Crippen molar-refractivity contribution >= 4 is 0 Å². The lowest BCUT2D eigenvalue weighted by atomic mass is 10.1. The van der Waals surface area contributed by atoms with Gasteiger partial charge in [-0.15, -0.1) is 0 Å². The highest BCUT2D eigenvalue weighted by atomic mass is 16.5. The fraction of sp³-hybridized carbons (Fsp3) is 0.857. The van der Waals surface area contributed by atoms with Gasteiger partial charge in [0, 0.05) is 32.2 Å². The largest absolute Gasteiger partial charge is 0.381 e. The van der Waals surface area contributed by atoms with Crippen LogP contribution in [0.25, 0.3) is 0 Å². The smallest absolute Gasteiger partial charge is 0.0945 e. The summed E-state index contributed by atoms with van der Waals surface area (Å²) in [6.45, 7) is 5.27. The number of aromatic nitrogens is 2. The van der Waals surface area contributed by atoms with Crippen LogP contribution >= 0.6 is 0 Å². The molecule has 0 atom stereocenters. The average Bonchev–Trinajstić information content (AvgIpc) is 3.11. The fourth-order valence-electron chi connectivity index (χ4n) is 3.03. The zero-order valence-corrected chi connectivity index (χ0v) is 16.1. The normalized spacial score (nSPS) is 11.2. The monoisotopic (exact) mass is 336 g/mol. The molecule has 0 amide bonds. The maximum Gasteiger partial charge on any atom is 0.0945 e. The molecule has 0 radical (unpaired) electrons. The number of imidazole rings is 1. The van der Waals surface area contributed by atoms with Gasteiger partial charge in [0.2, 0.25) is 0 Å². The summed E-state index contributed by atoms with van der Waals surface area (Å²) in [4.78, 5) is 4.07. The molecule has 3 nitrogen and oxygen atoms in total. The van der Waals surface area contributed by atoms with E-state index in [9.17, 15) is 0 Å². The van der Waals surface area contributed by atoms with Crippen LogP contribution in [-0.4, -0.2) is 22.8 Å². The van der Waals surface area contributed by atoms with Crippen LogP contribution in [0.15, 0.2) is 18.7 Å². The Morgan fingerprint density at radius 2 is 1.25 bits per heavy atom. The van der Waals surface area contributed by atoms with E-state index in [0.717, 1.165) is 19.8 Å². The van der Waals surface area contributed by atoms with Crippen LogP contribution in [0, 0.1) is 0 Å². The predicted molar refractivity (Wildman–Crippen MR) is 103 cm³/mol. The third-order valence-electron chi connectivity index (χ3n) is 4.66. The van der Waals surface area contributed by atoms with E-state index in [0.29, 0.717) is 0 Å². The topological polar surface area (TPSA) is 27.1 Å². The summed E-state index contributed by atoms with van der Waals surface area (Å²) < 4.78 is 7.77. The minimum absolute atomic E-state index is 0.958. The van der Waals surface area contributed by atoms with E-state index in [1.54, 1.807) is 0 Å². The van der Waals surface area contributed by atoms with Crippen molar-refractivity contribution in [3.63, 3.8) is 0 Å². The highest BCUT2D eigenvalue weighted by Crippen LogP contribution is 2.12. The molecule has 0 aliphatic heterocycles. The summed E-state index contributed by atoms with van der Waals surface area (Å²) in [5.41, 5.74) is 0. The van der Waals surface area contributed by atoms with E-state index in [2.05, 4.69) is 22.7 Å². The second-order valence-corrected chi connectivity index (χ2v) is 7.01. The van der Waals surface area contributed by atoms with Gasteiger partial charge in [-0.05, 0) is 19.3 Å². The van der Waals surface area contributed by atoms with Crippen LogP contribution in [0.5, 0.6) is 0 Å². The number of nitrogens with zero attached hydrogens (tertiary/aromatic N) is 2. The van der Waals surface area contributed by atoms with Crippen LogP contribution in [0.3, 0.4) is 0 Å². The first-order valence-electron chi connectivity index (χ1n) is 10.5. The van der Waals surface area contributed by atoms with Crippen molar-refractivity contribution < 1.29 is 4.74 Å². The molecule has 0 fully saturated rings. The quantitative estimate of drug-likeness (QED) is 0.291. The number of ether oxygens (including phenoxy) is 1. The van der Waals surface area contributed by atoms with E-state index >= 15 is 0 Å². The molecule has 0 aromatic carbocycles. The Hall–Kier alpha value is -0.830. The van der Waals surface area contributed by atoms with Gasteiger partial charge in [-0.1, -0.05) is 77.6 Å². The molecule has 0 bridgehead atoms. The highest BCUT2D eigenvalue weighted by Gasteiger charge is 1.95. The number of unbranched alkanes of at least 4 members (excludes halogenated alkanes) is 12. The SMILES string of the molecule is CCCCOCCCCCCCCCCCCCCn1ccnc1. The molecule has 1 heterocycles. The molecule has 0 spiro atoms. The molecule has 3 heteroatoms. The molecular formula is C21H40N2O. The summed E-state index contributed by atoms with van der Waals surface area (Å²) in [6, 6.07) is 0. The summed E-state index contributed by atoms with van der Waals surface area (Å²) >= 11 is 0. The van der Waals surface area contributed by atoms with Crippen LogP contribution in [-0.2, 0) is 11.3 Å². The standard InChI is InChI=1S/C21H40N2O/c1-2-3-19-24-20-15-13-11-9-7-5-4-6-8-10-12-14-17-23-18-16-22-21-23/h16,18,21H,2-15,17,19-20H2,1H3. The average molecular weight is 337 g/mol. The lowest BCUT2D eigenvalue weighted by molar-refractivity contribution is 0.127. The number of aryl methyl sites for hydroxylation is 1. The fourth-order valence-corrected chi connectivity index (χ4v) is 3.03. The van der Waals surface area contributed by atoms with Gasteiger partial charge in [0.25, 0.3) is 0 Å². The summed E-state index contributed by atoms with van der Waals surface area (Å²) in [5, 5.41) is 0. The number of hydrogen-bond donors (Lipinski definition) is 0. The third-order valence-corrected chi connectivity index (χ3v) is 4.66. The van der Waals surface area contributed by atoms with Crippen LogP contribution in [0.4, 0.5) is 0 Å². The van der Waals surface area contributed by atoms with E-state index in [1.807, 2.05) is 12.5 Å². The van der Waals surface area contributed by atoms with Crippen LogP contribution in [0.1, 0.15) is 96.8 Å². The van der Waals surface area contributed by atoms with Gasteiger partial charge in [-0.3, -0.25) is 0 Å². The first kappa shape index (κ1) is 21.2. The van der Waals surface area contributed by atoms with Crippen molar-refractivity contribution in [2.45, 2.75) is 103 Å². The van der Waals surface area contributed by atoms with Gasteiger partial charge in [0.15, 0.2) is 0 Å². The summed E-state index contributed by atoms with van der Waals surface area (Å²) in [5.74, 6) is 0. The molecule has 1 aromatic rings. The van der Waals surface area contributed by atoms with Crippen molar-refractivity contribution in [1.29, 1.82) is 0 Å². The highest BCUT2D eigenvalue weighted by molar-refractivity contribution is 4.73. The Morgan fingerprint density at radius 3 is 1.79 bits per heavy atom. The third kappa shape index (κ3) is 13.6. The molecule has 24 heavy (non-hydrogen) atoms. The molecule has 1 aromatic heterocycles. The van der Waals surface area contributed by atoms with Gasteiger partial charge in [-0.2, -0.15) is 0 Å². The first-order valence-corrected chi connectivity index (χ1v) is 10.5. The van der Waals surface area contributed by atoms with E-state index < -0.39 is 0 Å². The van der Waals surface area contributed by atoms with Gasteiger partial charge in [0.1, 0.15) is 0 Å². The van der Waals surface area contributed by atoms with Crippen molar-refractivity contribution in [3.8, 4) is 0 Å². The minimum Gasteiger partial charge on any atom is -0.381 e. The molecule has 0 aliphatic rings. The van der Waals surface area contributed by atoms with Gasteiger partial charge >= 0.3 is 0 Å². The van der Waals surface area contributed by atoms with E-state index in [4.69, 9.17) is 4.74 Å². The van der Waals surface area contributed by atoms with E-state index in [1.165, 1.54) is 89.9 Å². The lowest BCUT2D eigenvalue weighted by Crippen LogP contribution is -1.96. The van der Waals surface area contributed by atoms with E-state index in [-0.39, 0.29) is 0 Å². The van der Waals surface area contributed by atoms with Crippen LogP contribution < -0.4 is 0 Å². The van der Waals surface area contributed by atoms with Gasteiger partial charge < -0.3 is 9.30 Å². The second kappa shape index (κ2) is 17.0. The molecule has 140 valence electrons. The molecule has 1 rings (SSSR count). The summed E-state index contributed by atoms with van der Waals surface area (Å²) in [6.07, 6.45) is 24.9. The van der Waals surface area contributed by atoms with Gasteiger partial charge in [-0.25, -0.2) is 4.98 Å². The lowest BCUT2D eigenvalue weighted by Gasteiger charge is -2.04. The molecule has 0 aliphatic carbocycles. The Bertz CT molecular complexity index is 338. The molecule has 0 saturated heterocycles. The van der Waals surface area contributed by atoms with Crippen molar-refractivity contribution in [2.24, 2.45) is 0 Å². The molecular weight excluding hydrogens is 296 g/mol. The maximum atomic E-state index is 5.59. The molecule has 0 saturated carbocycles.